The van der Waals surface area contributed by atoms with E-state index in [0.29, 0.717) is 0 Å². The molecule has 4 saturated carbocycles. The predicted octanol–water partition coefficient (Wildman–Crippen LogP) is 1.92. The van der Waals surface area contributed by atoms with Gasteiger partial charge in [0, 0.05) is 0 Å². The van der Waals surface area contributed by atoms with Crippen molar-refractivity contribution in [2.45, 2.75) is 38.5 Å². The molecule has 0 aliphatic heterocycles. The molecule has 0 spiro atoms. The molecule has 0 aromatic rings. The van der Waals surface area contributed by atoms with E-state index in [1.165, 1.54) is 23.7 Å². The van der Waals surface area contributed by atoms with Crippen molar-refractivity contribution in [2.24, 2.45) is 23.7 Å². The van der Waals surface area contributed by atoms with Gasteiger partial charge in [0.2, 0.25) is 0 Å². The van der Waals surface area contributed by atoms with Crippen molar-refractivity contribution < 1.29 is 0 Å². The molecule has 0 unspecified atom stereocenters. The van der Waals surface area contributed by atoms with Crippen LogP contribution in [0.5, 0.6) is 0 Å². The quantitative estimate of drug-likeness (QED) is 0.459. The first kappa shape index (κ1) is 7.80. The van der Waals surface area contributed by atoms with Crippen molar-refractivity contribution in [3.63, 3.8) is 0 Å². The van der Waals surface area contributed by atoms with Crippen LogP contribution in [0.2, 0.25) is 0 Å². The molecule has 0 radical (unpaired) electrons. The van der Waals surface area contributed by atoms with Crippen LogP contribution in [0.1, 0.15) is 38.5 Å². The summed E-state index contributed by atoms with van der Waals surface area (Å²) in [7, 11) is 0. The Morgan fingerprint density at radius 1 is 0.455 bits per heavy atom. The molecule has 0 atom stereocenters. The van der Waals surface area contributed by atoms with Crippen molar-refractivity contribution in [3.8, 4) is 0 Å². The molecule has 0 aromatic heterocycles. The second kappa shape index (κ2) is 2.59. The van der Waals surface area contributed by atoms with Crippen LogP contribution in [0.25, 0.3) is 0 Å². The van der Waals surface area contributed by atoms with E-state index >= 15 is 0 Å². The minimum absolute atomic E-state index is 0. The summed E-state index contributed by atoms with van der Waals surface area (Å²) in [6.07, 6.45) is 9.62. The van der Waals surface area contributed by atoms with Crippen molar-refractivity contribution in [1.29, 1.82) is 0 Å². The van der Waals surface area contributed by atoms with Crippen LogP contribution < -0.4 is 0 Å². The van der Waals surface area contributed by atoms with E-state index in [2.05, 4.69) is 0 Å². The van der Waals surface area contributed by atoms with E-state index in [9.17, 15) is 0 Å². The average Bonchev–Trinajstić information content (AvgIpc) is 1.82. The van der Waals surface area contributed by atoms with E-state index in [1.54, 1.807) is 38.5 Å². The maximum atomic E-state index is 1.60. The Labute approximate surface area is 73.0 Å². The molecule has 4 aliphatic rings. The first-order valence-electron chi connectivity index (χ1n) is 4.90. The Morgan fingerprint density at radius 3 is 0.818 bits per heavy atom. The molecule has 0 amide bonds. The van der Waals surface area contributed by atoms with Gasteiger partial charge in [0.1, 0.15) is 0 Å². The van der Waals surface area contributed by atoms with Gasteiger partial charge in [-0.2, -0.15) is 0 Å². The molecule has 4 bridgehead atoms. The van der Waals surface area contributed by atoms with Gasteiger partial charge >= 0.3 is 10.1 Å². The van der Waals surface area contributed by atoms with Gasteiger partial charge in [-0.3, -0.25) is 0 Å². The Kier molecular flexibility index (Phi) is 1.84. The van der Waals surface area contributed by atoms with Crippen molar-refractivity contribution in [2.75, 3.05) is 0 Å². The molecule has 60 valence electrons. The van der Waals surface area contributed by atoms with Gasteiger partial charge in [0.05, 0.1) is 0 Å². The van der Waals surface area contributed by atoms with Crippen LogP contribution in [0.4, 0.5) is 0 Å². The first-order valence-corrected chi connectivity index (χ1v) is 4.90. The third-order valence-corrected chi connectivity index (χ3v) is 4.00. The van der Waals surface area contributed by atoms with Gasteiger partial charge in [-0.25, -0.2) is 0 Å². The minimum atomic E-state index is 0. The SMILES string of the molecule is C1C2CC3CC1CC(C2)C3.[BeH2]. The van der Waals surface area contributed by atoms with Gasteiger partial charge in [-0.05, 0) is 62.2 Å². The predicted molar refractivity (Wildman–Crippen MR) is 50.2 cm³/mol. The molecule has 1 heteroatoms. The number of rotatable bonds is 0. The molecule has 0 nitrogen and oxygen atoms in total. The number of hydrogen-bond acceptors (Lipinski definition) is 0. The molecule has 0 aromatic carbocycles. The molecular weight excluding hydrogens is 129 g/mol. The molecule has 4 aliphatic carbocycles. The Hall–Kier alpha value is 0.169. The van der Waals surface area contributed by atoms with E-state index in [-0.39, 0.29) is 10.1 Å². The second-order valence-corrected chi connectivity index (χ2v) is 4.88. The average molecular weight is 147 g/mol. The molecule has 11 heavy (non-hydrogen) atoms. The molecular formula is C10H18Be. The summed E-state index contributed by atoms with van der Waals surface area (Å²) in [5.74, 6) is 4.71. The summed E-state index contributed by atoms with van der Waals surface area (Å²) in [6, 6.07) is 0. The third kappa shape index (κ3) is 1.16. The van der Waals surface area contributed by atoms with E-state index in [0.717, 1.165) is 0 Å². The van der Waals surface area contributed by atoms with Gasteiger partial charge < -0.3 is 0 Å². The van der Waals surface area contributed by atoms with Crippen LogP contribution in [-0.2, 0) is 0 Å². The standard InChI is InChI=1S/C10H16.Be.2H/c1-7-2-9-4-8(1)5-10(3-7)6-9;;;/h7-10H,1-6H2;;;. The summed E-state index contributed by atoms with van der Waals surface area (Å²) in [5, 5.41) is 0. The Balaban J connectivity index is 0.000000480. The zero-order valence-electron chi connectivity index (χ0n) is 6.55. The molecule has 0 heterocycles. The van der Waals surface area contributed by atoms with Gasteiger partial charge in [-0.15, -0.1) is 0 Å². The van der Waals surface area contributed by atoms with E-state index in [1.807, 2.05) is 0 Å². The molecule has 4 fully saturated rings. The summed E-state index contributed by atoms with van der Waals surface area (Å²) < 4.78 is 0. The van der Waals surface area contributed by atoms with Crippen LogP contribution in [-0.4, -0.2) is 10.1 Å². The first-order chi connectivity index (χ1) is 4.90. The Bertz CT molecular complexity index is 96.4. The normalized spacial score (nSPS) is 52.4. The van der Waals surface area contributed by atoms with Gasteiger partial charge in [0.25, 0.3) is 0 Å². The third-order valence-electron chi connectivity index (χ3n) is 4.00. The Morgan fingerprint density at radius 2 is 0.636 bits per heavy atom. The van der Waals surface area contributed by atoms with E-state index in [4.69, 9.17) is 0 Å². The van der Waals surface area contributed by atoms with Gasteiger partial charge in [0.15, 0.2) is 0 Å². The summed E-state index contributed by atoms with van der Waals surface area (Å²) in [4.78, 5) is 0. The monoisotopic (exact) mass is 147 g/mol. The fraction of sp³-hybridized carbons (Fsp3) is 1.00. The summed E-state index contributed by atoms with van der Waals surface area (Å²) in [5.41, 5.74) is 0. The fourth-order valence-corrected chi connectivity index (χ4v) is 3.98. The van der Waals surface area contributed by atoms with Crippen molar-refractivity contribution in [1.82, 2.24) is 0 Å². The van der Waals surface area contributed by atoms with Crippen LogP contribution in [0.15, 0.2) is 0 Å². The molecule has 0 saturated heterocycles. The fourth-order valence-electron chi connectivity index (χ4n) is 3.98. The van der Waals surface area contributed by atoms with Gasteiger partial charge in [-0.1, -0.05) is 0 Å². The van der Waals surface area contributed by atoms with E-state index < -0.39 is 0 Å². The second-order valence-electron chi connectivity index (χ2n) is 4.88. The zero-order valence-corrected chi connectivity index (χ0v) is 6.55. The molecule has 4 rings (SSSR count). The van der Waals surface area contributed by atoms with Crippen molar-refractivity contribution in [3.05, 3.63) is 0 Å². The topological polar surface area (TPSA) is 0 Å². The maximum absolute atomic E-state index is 1.60. The summed E-state index contributed by atoms with van der Waals surface area (Å²) >= 11 is 0. The number of hydrogen-bond donors (Lipinski definition) is 0. The van der Waals surface area contributed by atoms with Crippen molar-refractivity contribution >= 4 is 10.1 Å². The van der Waals surface area contributed by atoms with Crippen LogP contribution >= 0.6 is 0 Å². The van der Waals surface area contributed by atoms with Crippen LogP contribution in [0, 0.1) is 23.7 Å². The summed E-state index contributed by atoms with van der Waals surface area (Å²) in [6.45, 7) is 0. The molecule has 0 N–H and O–H groups in total. The van der Waals surface area contributed by atoms with Crippen LogP contribution in [0.3, 0.4) is 0 Å². The zero-order chi connectivity index (χ0) is 6.55.